The van der Waals surface area contributed by atoms with E-state index in [0.717, 1.165) is 10.4 Å². The van der Waals surface area contributed by atoms with Gasteiger partial charge in [-0.2, -0.15) is 0 Å². The highest BCUT2D eigenvalue weighted by Gasteiger charge is 2.17. The summed E-state index contributed by atoms with van der Waals surface area (Å²) in [6.45, 7) is 1.58. The van der Waals surface area contributed by atoms with Gasteiger partial charge >= 0.3 is 0 Å². The van der Waals surface area contributed by atoms with E-state index in [4.69, 9.17) is 9.15 Å². The normalized spacial score (nSPS) is 10.8. The van der Waals surface area contributed by atoms with Crippen LogP contribution in [0.3, 0.4) is 0 Å². The van der Waals surface area contributed by atoms with E-state index < -0.39 is 0 Å². The van der Waals surface area contributed by atoms with Crippen LogP contribution in [-0.2, 0) is 16.1 Å². The van der Waals surface area contributed by atoms with Gasteiger partial charge in [0.15, 0.2) is 0 Å². The molecule has 1 amide bonds. The molecule has 1 aromatic carbocycles. The number of carbonyl (C=O) groups excluding carboxylic acids is 1. The molecule has 0 aliphatic heterocycles. The predicted molar refractivity (Wildman–Crippen MR) is 102 cm³/mol. The highest BCUT2D eigenvalue weighted by Crippen LogP contribution is 2.26. The topological polar surface area (TPSA) is 68.5 Å². The van der Waals surface area contributed by atoms with E-state index in [-0.39, 0.29) is 11.7 Å². The maximum Gasteiger partial charge on any atom is 0.277 e. The molecule has 6 nitrogen and oxygen atoms in total. The summed E-state index contributed by atoms with van der Waals surface area (Å²) in [6.07, 6.45) is 0. The highest BCUT2D eigenvalue weighted by atomic mass is 32.2. The van der Waals surface area contributed by atoms with E-state index in [0.29, 0.717) is 30.8 Å². The van der Waals surface area contributed by atoms with E-state index in [1.54, 1.807) is 12.0 Å². The van der Waals surface area contributed by atoms with Crippen LogP contribution in [0, 0.1) is 0 Å². The van der Waals surface area contributed by atoms with Crippen LogP contribution in [0.2, 0.25) is 0 Å². The second kappa shape index (κ2) is 9.51. The first-order valence-electron chi connectivity index (χ1n) is 8.07. The van der Waals surface area contributed by atoms with Gasteiger partial charge < -0.3 is 14.1 Å². The van der Waals surface area contributed by atoms with Crippen molar-refractivity contribution in [2.75, 3.05) is 26.0 Å². The van der Waals surface area contributed by atoms with Gasteiger partial charge in [-0.25, -0.2) is 0 Å². The lowest BCUT2D eigenvalue weighted by molar-refractivity contribution is -0.129. The van der Waals surface area contributed by atoms with Crippen LogP contribution >= 0.6 is 23.1 Å². The lowest BCUT2D eigenvalue weighted by Crippen LogP contribution is -2.34. The molecule has 0 N–H and O–H groups in total. The van der Waals surface area contributed by atoms with E-state index >= 15 is 0 Å². The Hall–Kier alpha value is -2.16. The van der Waals surface area contributed by atoms with Crippen LogP contribution in [0.5, 0.6) is 0 Å². The first kappa shape index (κ1) is 18.6. The number of carbonyl (C=O) groups is 1. The first-order valence-corrected chi connectivity index (χ1v) is 9.93. The number of rotatable bonds is 9. The third-order valence-corrected chi connectivity index (χ3v) is 5.25. The predicted octanol–water partition coefficient (Wildman–Crippen LogP) is 3.57. The number of hydrogen-bond acceptors (Lipinski definition) is 7. The molecule has 3 aromatic rings. The van der Waals surface area contributed by atoms with Gasteiger partial charge in [0.25, 0.3) is 11.1 Å². The average molecular weight is 390 g/mol. The fraction of sp³-hybridized carbons (Fsp3) is 0.278. The Kier molecular flexibility index (Phi) is 6.82. The Bertz CT molecular complexity index is 806. The smallest absolute Gasteiger partial charge is 0.277 e. The Balaban J connectivity index is 1.58. The molecule has 0 bridgehead atoms. The van der Waals surface area contributed by atoms with Crippen molar-refractivity contribution in [2.45, 2.75) is 11.8 Å². The fourth-order valence-electron chi connectivity index (χ4n) is 2.28. The Morgan fingerprint density at radius 3 is 2.81 bits per heavy atom. The number of amides is 1. The number of hydrogen-bond donors (Lipinski definition) is 0. The summed E-state index contributed by atoms with van der Waals surface area (Å²) in [4.78, 5) is 15.3. The van der Waals surface area contributed by atoms with Crippen LogP contribution in [-0.4, -0.2) is 47.0 Å². The number of methoxy groups -OCH3 is 1. The van der Waals surface area contributed by atoms with Crippen molar-refractivity contribution >= 4 is 29.0 Å². The van der Waals surface area contributed by atoms with Crippen LogP contribution in [0.4, 0.5) is 0 Å². The molecular formula is C18H19N3O3S2. The second-order valence-electron chi connectivity index (χ2n) is 5.43. The lowest BCUT2D eigenvalue weighted by Gasteiger charge is -2.22. The van der Waals surface area contributed by atoms with Crippen molar-refractivity contribution in [1.29, 1.82) is 0 Å². The molecule has 2 aromatic heterocycles. The van der Waals surface area contributed by atoms with E-state index in [9.17, 15) is 4.79 Å². The molecule has 0 saturated heterocycles. The number of thiophene rings is 1. The zero-order valence-corrected chi connectivity index (χ0v) is 16.0. The van der Waals surface area contributed by atoms with Gasteiger partial charge in [-0.3, -0.25) is 4.79 Å². The lowest BCUT2D eigenvalue weighted by atomic mass is 10.2. The van der Waals surface area contributed by atoms with Gasteiger partial charge in [0.2, 0.25) is 5.91 Å². The molecule has 0 atom stereocenters. The van der Waals surface area contributed by atoms with Crippen LogP contribution in [0.1, 0.15) is 5.56 Å². The minimum atomic E-state index is 0.00627. The van der Waals surface area contributed by atoms with Crippen LogP contribution < -0.4 is 0 Å². The molecule has 0 saturated carbocycles. The van der Waals surface area contributed by atoms with E-state index in [1.165, 1.54) is 23.1 Å². The first-order chi connectivity index (χ1) is 12.8. The zero-order chi connectivity index (χ0) is 18.2. The molecule has 0 aliphatic rings. The standard InChI is InChI=1S/C18H19N3O3S2/c1-23-10-9-21(12-14-6-3-2-4-7-14)16(22)13-26-18-20-19-17(24-18)15-8-5-11-25-15/h2-8,11H,9-10,12-13H2,1H3. The molecule has 8 heteroatoms. The van der Waals surface area contributed by atoms with Gasteiger partial charge in [0.05, 0.1) is 17.2 Å². The highest BCUT2D eigenvalue weighted by molar-refractivity contribution is 7.99. The molecule has 0 fully saturated rings. The van der Waals surface area contributed by atoms with Crippen molar-refractivity contribution in [3.63, 3.8) is 0 Å². The third kappa shape index (κ3) is 5.17. The summed E-state index contributed by atoms with van der Waals surface area (Å²) >= 11 is 2.79. The second-order valence-corrected chi connectivity index (χ2v) is 7.31. The Morgan fingerprint density at radius 2 is 2.08 bits per heavy atom. The third-order valence-electron chi connectivity index (χ3n) is 3.59. The zero-order valence-electron chi connectivity index (χ0n) is 14.3. The summed E-state index contributed by atoms with van der Waals surface area (Å²) in [6, 6.07) is 13.8. The molecule has 136 valence electrons. The molecule has 0 unspecified atom stereocenters. The molecule has 3 rings (SSSR count). The summed E-state index contributed by atoms with van der Waals surface area (Å²) in [5.41, 5.74) is 1.08. The van der Waals surface area contributed by atoms with Gasteiger partial charge in [-0.05, 0) is 17.0 Å². The van der Waals surface area contributed by atoms with Crippen molar-refractivity contribution in [3.05, 3.63) is 53.4 Å². The van der Waals surface area contributed by atoms with Crippen molar-refractivity contribution in [1.82, 2.24) is 15.1 Å². The van der Waals surface area contributed by atoms with E-state index in [2.05, 4.69) is 10.2 Å². The Labute approximate surface area is 160 Å². The molecule has 0 radical (unpaired) electrons. The SMILES string of the molecule is COCCN(Cc1ccccc1)C(=O)CSc1nnc(-c2cccs2)o1. The molecule has 2 heterocycles. The number of aromatic nitrogens is 2. The molecule has 0 spiro atoms. The monoisotopic (exact) mass is 389 g/mol. The van der Waals surface area contributed by atoms with E-state index in [1.807, 2.05) is 47.8 Å². The maximum atomic E-state index is 12.6. The number of ether oxygens (including phenoxy) is 1. The molecular weight excluding hydrogens is 370 g/mol. The number of benzene rings is 1. The average Bonchev–Trinajstić information content (AvgIpc) is 3.35. The number of nitrogens with zero attached hydrogens (tertiary/aromatic N) is 3. The van der Waals surface area contributed by atoms with Gasteiger partial charge in [0, 0.05) is 20.2 Å². The summed E-state index contributed by atoms with van der Waals surface area (Å²) in [5.74, 6) is 0.727. The quantitative estimate of drug-likeness (QED) is 0.521. The van der Waals surface area contributed by atoms with Crippen LogP contribution in [0.15, 0.2) is 57.5 Å². The maximum absolute atomic E-state index is 12.6. The van der Waals surface area contributed by atoms with Crippen molar-refractivity contribution in [3.8, 4) is 10.8 Å². The van der Waals surface area contributed by atoms with Crippen molar-refractivity contribution in [2.24, 2.45) is 0 Å². The van der Waals surface area contributed by atoms with Gasteiger partial charge in [-0.15, -0.1) is 21.5 Å². The summed E-state index contributed by atoms with van der Waals surface area (Å²) in [5, 5.41) is 10.4. The van der Waals surface area contributed by atoms with Gasteiger partial charge in [-0.1, -0.05) is 48.2 Å². The molecule has 0 aliphatic carbocycles. The largest absolute Gasteiger partial charge is 0.410 e. The fourth-order valence-corrected chi connectivity index (χ4v) is 3.59. The van der Waals surface area contributed by atoms with Gasteiger partial charge in [0.1, 0.15) is 0 Å². The minimum absolute atomic E-state index is 0.00627. The van der Waals surface area contributed by atoms with Crippen molar-refractivity contribution < 1.29 is 13.9 Å². The minimum Gasteiger partial charge on any atom is -0.410 e. The van der Waals surface area contributed by atoms with Crippen LogP contribution in [0.25, 0.3) is 10.8 Å². The summed E-state index contributed by atoms with van der Waals surface area (Å²) in [7, 11) is 1.63. The molecule has 26 heavy (non-hydrogen) atoms. The number of thioether (sulfide) groups is 1. The Morgan fingerprint density at radius 1 is 1.23 bits per heavy atom. The summed E-state index contributed by atoms with van der Waals surface area (Å²) < 4.78 is 10.7.